The molecule has 1 heterocycles. The first-order valence-corrected chi connectivity index (χ1v) is 6.47. The molecule has 0 saturated carbocycles. The van der Waals surface area contributed by atoms with Gasteiger partial charge in [0.15, 0.2) is 12.7 Å². The van der Waals surface area contributed by atoms with E-state index >= 15 is 0 Å². The number of carbonyl (C=O) groups excluding carboxylic acids is 2. The molecule has 1 aromatic rings. The van der Waals surface area contributed by atoms with E-state index in [1.54, 1.807) is 0 Å². The first-order chi connectivity index (χ1) is 9.56. The van der Waals surface area contributed by atoms with Crippen molar-refractivity contribution in [3.8, 4) is 0 Å². The Hall–Kier alpha value is -1.66. The summed E-state index contributed by atoms with van der Waals surface area (Å²) in [4.78, 5) is 23.1. The zero-order valence-corrected chi connectivity index (χ0v) is 11.3. The molecule has 7 heteroatoms. The maximum absolute atomic E-state index is 12.8. The van der Waals surface area contributed by atoms with Crippen LogP contribution in [0.2, 0.25) is 5.02 Å². The number of ether oxygens (including phenoxy) is 2. The fourth-order valence-electron chi connectivity index (χ4n) is 1.77. The summed E-state index contributed by atoms with van der Waals surface area (Å²) < 4.78 is 22.8. The molecule has 1 atom stereocenters. The highest BCUT2D eigenvalue weighted by Gasteiger charge is 2.25. The van der Waals surface area contributed by atoms with Gasteiger partial charge in [0.2, 0.25) is 0 Å². The zero-order chi connectivity index (χ0) is 14.5. The van der Waals surface area contributed by atoms with Crippen LogP contribution in [-0.4, -0.2) is 31.2 Å². The van der Waals surface area contributed by atoms with Crippen LogP contribution in [0.3, 0.4) is 0 Å². The lowest BCUT2D eigenvalue weighted by atomic mass is 10.2. The Balaban J connectivity index is 1.81. The van der Waals surface area contributed by atoms with Crippen molar-refractivity contribution in [3.05, 3.63) is 29.0 Å². The highest BCUT2D eigenvalue weighted by Crippen LogP contribution is 2.22. The van der Waals surface area contributed by atoms with Gasteiger partial charge < -0.3 is 14.8 Å². The number of benzene rings is 1. The molecule has 0 radical (unpaired) electrons. The van der Waals surface area contributed by atoms with Crippen LogP contribution in [0.25, 0.3) is 0 Å². The Morgan fingerprint density at radius 2 is 2.30 bits per heavy atom. The zero-order valence-electron chi connectivity index (χ0n) is 10.5. The van der Waals surface area contributed by atoms with Crippen molar-refractivity contribution in [2.24, 2.45) is 0 Å². The Labute approximate surface area is 120 Å². The van der Waals surface area contributed by atoms with Crippen LogP contribution in [0.4, 0.5) is 10.1 Å². The van der Waals surface area contributed by atoms with E-state index in [2.05, 4.69) is 5.32 Å². The second-order valence-electron chi connectivity index (χ2n) is 4.28. The van der Waals surface area contributed by atoms with Crippen LogP contribution in [0.5, 0.6) is 0 Å². The van der Waals surface area contributed by atoms with Crippen molar-refractivity contribution in [3.63, 3.8) is 0 Å². The summed E-state index contributed by atoms with van der Waals surface area (Å²) in [7, 11) is 0. The molecule has 0 spiro atoms. The van der Waals surface area contributed by atoms with Crippen LogP contribution in [0, 0.1) is 5.82 Å². The quantitative estimate of drug-likeness (QED) is 0.865. The van der Waals surface area contributed by atoms with Gasteiger partial charge in [-0.1, -0.05) is 11.6 Å². The second-order valence-corrected chi connectivity index (χ2v) is 4.69. The summed E-state index contributed by atoms with van der Waals surface area (Å²) in [6.45, 7) is 0.0869. The maximum Gasteiger partial charge on any atom is 0.335 e. The number of amides is 1. The van der Waals surface area contributed by atoms with Gasteiger partial charge in [0.05, 0.1) is 10.7 Å². The van der Waals surface area contributed by atoms with E-state index in [1.807, 2.05) is 0 Å². The molecule has 1 N–H and O–H groups in total. The molecule has 0 unspecified atom stereocenters. The number of rotatable bonds is 4. The van der Waals surface area contributed by atoms with Gasteiger partial charge in [-0.25, -0.2) is 9.18 Å². The average Bonchev–Trinajstić information content (AvgIpc) is 2.93. The predicted octanol–water partition coefficient (Wildman–Crippen LogP) is 2.14. The largest absolute Gasteiger partial charge is 0.454 e. The normalized spacial score (nSPS) is 17.8. The highest BCUT2D eigenvalue weighted by atomic mass is 35.5. The lowest BCUT2D eigenvalue weighted by molar-refractivity contribution is -0.156. The van der Waals surface area contributed by atoms with E-state index in [1.165, 1.54) is 12.1 Å². The second kappa shape index (κ2) is 6.67. The molecule has 2 rings (SSSR count). The lowest BCUT2D eigenvalue weighted by Crippen LogP contribution is -2.27. The highest BCUT2D eigenvalue weighted by molar-refractivity contribution is 6.33. The van der Waals surface area contributed by atoms with E-state index in [9.17, 15) is 14.0 Å². The third-order valence-electron chi connectivity index (χ3n) is 2.74. The SMILES string of the molecule is O=C(COC(=O)[C@@H]1CCCO1)Nc1ccc(F)cc1Cl. The summed E-state index contributed by atoms with van der Waals surface area (Å²) in [6.07, 6.45) is 0.818. The molecule has 108 valence electrons. The molecule has 1 fully saturated rings. The Morgan fingerprint density at radius 3 is 2.95 bits per heavy atom. The minimum Gasteiger partial charge on any atom is -0.454 e. The molecule has 1 aliphatic rings. The first-order valence-electron chi connectivity index (χ1n) is 6.09. The van der Waals surface area contributed by atoms with Crippen molar-refractivity contribution < 1.29 is 23.5 Å². The molecular formula is C13H13ClFNO4. The third kappa shape index (κ3) is 3.91. The van der Waals surface area contributed by atoms with Crippen molar-refractivity contribution in [1.29, 1.82) is 0 Å². The van der Waals surface area contributed by atoms with Gasteiger partial charge in [0.1, 0.15) is 5.82 Å². The van der Waals surface area contributed by atoms with Gasteiger partial charge in [0, 0.05) is 6.61 Å². The van der Waals surface area contributed by atoms with Gasteiger partial charge in [-0.15, -0.1) is 0 Å². The first kappa shape index (κ1) is 14.7. The molecule has 1 aromatic carbocycles. The van der Waals surface area contributed by atoms with Gasteiger partial charge >= 0.3 is 5.97 Å². The summed E-state index contributed by atoms with van der Waals surface area (Å²) in [5.41, 5.74) is 0.256. The smallest absolute Gasteiger partial charge is 0.335 e. The Kier molecular flexibility index (Phi) is 4.92. The van der Waals surface area contributed by atoms with E-state index in [4.69, 9.17) is 21.1 Å². The molecular weight excluding hydrogens is 289 g/mol. The molecule has 1 amide bonds. The number of nitrogens with one attached hydrogen (secondary N) is 1. The molecule has 5 nitrogen and oxygen atoms in total. The van der Waals surface area contributed by atoms with Crippen LogP contribution in [0.1, 0.15) is 12.8 Å². The topological polar surface area (TPSA) is 64.6 Å². The number of esters is 1. The number of anilines is 1. The van der Waals surface area contributed by atoms with E-state index in [0.717, 1.165) is 12.5 Å². The standard InChI is InChI=1S/C13H13ClFNO4/c14-9-6-8(15)3-4-10(9)16-12(17)7-20-13(18)11-2-1-5-19-11/h3-4,6,11H,1-2,5,7H2,(H,16,17)/t11-/m0/s1. The van der Waals surface area contributed by atoms with Gasteiger partial charge in [0.25, 0.3) is 5.91 Å². The predicted molar refractivity (Wildman–Crippen MR) is 70.0 cm³/mol. The van der Waals surface area contributed by atoms with E-state index in [-0.39, 0.29) is 10.7 Å². The fraction of sp³-hybridized carbons (Fsp3) is 0.385. The summed E-state index contributed by atoms with van der Waals surface area (Å²) in [5.74, 6) is -1.61. The minimum atomic E-state index is -0.586. The van der Waals surface area contributed by atoms with Crippen molar-refractivity contribution in [1.82, 2.24) is 0 Å². The number of hydrogen-bond donors (Lipinski definition) is 1. The Bertz CT molecular complexity index is 517. The maximum atomic E-state index is 12.8. The summed E-state index contributed by atoms with van der Waals surface area (Å²) >= 11 is 5.76. The Morgan fingerprint density at radius 1 is 1.50 bits per heavy atom. The van der Waals surface area contributed by atoms with Crippen molar-refractivity contribution in [2.45, 2.75) is 18.9 Å². The molecule has 1 aliphatic heterocycles. The third-order valence-corrected chi connectivity index (χ3v) is 3.06. The molecule has 0 aromatic heterocycles. The minimum absolute atomic E-state index is 0.0730. The van der Waals surface area contributed by atoms with Crippen LogP contribution < -0.4 is 5.32 Å². The molecule has 0 bridgehead atoms. The lowest BCUT2D eigenvalue weighted by Gasteiger charge is -2.10. The number of carbonyl (C=O) groups is 2. The van der Waals surface area contributed by atoms with Crippen molar-refractivity contribution in [2.75, 3.05) is 18.5 Å². The van der Waals surface area contributed by atoms with E-state index in [0.29, 0.717) is 13.0 Å². The van der Waals surface area contributed by atoms with Gasteiger partial charge in [-0.3, -0.25) is 4.79 Å². The monoisotopic (exact) mass is 301 g/mol. The average molecular weight is 302 g/mol. The summed E-state index contributed by atoms with van der Waals surface area (Å²) in [6, 6.07) is 3.58. The van der Waals surface area contributed by atoms with Gasteiger partial charge in [-0.2, -0.15) is 0 Å². The van der Waals surface area contributed by atoms with Crippen LogP contribution in [0.15, 0.2) is 18.2 Å². The number of halogens is 2. The summed E-state index contributed by atoms with van der Waals surface area (Å²) in [5, 5.41) is 2.50. The molecule has 20 heavy (non-hydrogen) atoms. The van der Waals surface area contributed by atoms with E-state index < -0.39 is 30.4 Å². The van der Waals surface area contributed by atoms with Gasteiger partial charge in [-0.05, 0) is 31.0 Å². The van der Waals surface area contributed by atoms with Crippen LogP contribution >= 0.6 is 11.6 Å². The number of hydrogen-bond acceptors (Lipinski definition) is 4. The molecule has 0 aliphatic carbocycles. The van der Waals surface area contributed by atoms with Crippen LogP contribution in [-0.2, 0) is 19.1 Å². The van der Waals surface area contributed by atoms with Crippen molar-refractivity contribution >= 4 is 29.2 Å². The molecule has 1 saturated heterocycles. The fourth-order valence-corrected chi connectivity index (χ4v) is 1.98.